The molecule has 0 atom stereocenters. The number of amides is 2. The first-order valence-corrected chi connectivity index (χ1v) is 9.47. The normalized spacial score (nSPS) is 14.3. The maximum Gasteiger partial charge on any atom is 0.337 e. The molecule has 156 valence electrons. The predicted octanol–water partition coefficient (Wildman–Crippen LogP) is 1.50. The van der Waals surface area contributed by atoms with Crippen molar-refractivity contribution in [1.82, 2.24) is 14.9 Å². The Bertz CT molecular complexity index is 936. The molecular weight excluding hydrogens is 386 g/mol. The summed E-state index contributed by atoms with van der Waals surface area (Å²) in [6, 6.07) is 8.08. The predicted molar refractivity (Wildman–Crippen MR) is 111 cm³/mol. The molecule has 0 radical (unpaired) electrons. The molecule has 9 heteroatoms. The molecule has 1 aromatic carbocycles. The van der Waals surface area contributed by atoms with Crippen LogP contribution in [0, 0.1) is 0 Å². The number of hydrogen-bond acceptors (Lipinski definition) is 7. The fraction of sp³-hybridized carbons (Fsp3) is 0.286. The van der Waals surface area contributed by atoms with Crippen LogP contribution in [-0.4, -0.2) is 65.9 Å². The average Bonchev–Trinajstić information content (AvgIpc) is 2.79. The number of ether oxygens (including phenoxy) is 1. The molecule has 2 amide bonds. The first kappa shape index (κ1) is 21.0. The van der Waals surface area contributed by atoms with E-state index >= 15 is 0 Å². The van der Waals surface area contributed by atoms with Gasteiger partial charge in [0, 0.05) is 55.9 Å². The number of methoxy groups -OCH3 is 1. The molecule has 2 heterocycles. The van der Waals surface area contributed by atoms with Gasteiger partial charge in [0.25, 0.3) is 5.91 Å². The maximum absolute atomic E-state index is 12.5. The Balaban J connectivity index is 1.54. The fourth-order valence-electron chi connectivity index (χ4n) is 2.96. The first-order chi connectivity index (χ1) is 14.5. The number of rotatable bonds is 5. The van der Waals surface area contributed by atoms with Crippen molar-refractivity contribution in [2.45, 2.75) is 6.92 Å². The van der Waals surface area contributed by atoms with Crippen LogP contribution in [0.1, 0.15) is 17.3 Å². The van der Waals surface area contributed by atoms with E-state index in [2.05, 4.69) is 20.0 Å². The molecule has 1 N–H and O–H groups in total. The van der Waals surface area contributed by atoms with Crippen LogP contribution in [0.5, 0.6) is 0 Å². The highest BCUT2D eigenvalue weighted by Crippen LogP contribution is 2.13. The minimum Gasteiger partial charge on any atom is -0.465 e. The van der Waals surface area contributed by atoms with Crippen LogP contribution in [0.15, 0.2) is 54.4 Å². The quantitative estimate of drug-likeness (QED) is 0.589. The van der Waals surface area contributed by atoms with Crippen molar-refractivity contribution in [1.29, 1.82) is 0 Å². The molecule has 30 heavy (non-hydrogen) atoms. The van der Waals surface area contributed by atoms with Crippen LogP contribution in [0.3, 0.4) is 0 Å². The summed E-state index contributed by atoms with van der Waals surface area (Å²) in [6.45, 7) is 3.89. The van der Waals surface area contributed by atoms with Gasteiger partial charge in [-0.05, 0) is 37.3 Å². The van der Waals surface area contributed by atoms with Gasteiger partial charge in [0.2, 0.25) is 11.9 Å². The van der Waals surface area contributed by atoms with Crippen molar-refractivity contribution in [3.63, 3.8) is 0 Å². The average molecular weight is 409 g/mol. The third kappa shape index (κ3) is 5.19. The SMILES string of the molecule is COC(=O)c1ccc(NC(=O)/C(C)=C/C(=O)N2CCN(c3ncccn3)CC2)cc1. The molecule has 3 rings (SSSR count). The number of piperazine rings is 1. The molecule has 0 saturated carbocycles. The van der Waals surface area contributed by atoms with Crippen molar-refractivity contribution < 1.29 is 19.1 Å². The number of aromatic nitrogens is 2. The number of anilines is 2. The van der Waals surface area contributed by atoms with Crippen LogP contribution < -0.4 is 10.2 Å². The van der Waals surface area contributed by atoms with Crippen molar-refractivity contribution in [2.75, 3.05) is 43.5 Å². The van der Waals surface area contributed by atoms with Gasteiger partial charge in [0.05, 0.1) is 12.7 Å². The van der Waals surface area contributed by atoms with E-state index in [0.717, 1.165) is 0 Å². The van der Waals surface area contributed by atoms with Crippen LogP contribution in [-0.2, 0) is 14.3 Å². The van der Waals surface area contributed by atoms with Gasteiger partial charge in [-0.25, -0.2) is 14.8 Å². The third-order valence-electron chi connectivity index (χ3n) is 4.69. The van der Waals surface area contributed by atoms with E-state index < -0.39 is 5.97 Å². The van der Waals surface area contributed by atoms with E-state index in [1.54, 1.807) is 54.5 Å². The molecule has 1 aliphatic rings. The van der Waals surface area contributed by atoms with Crippen molar-refractivity contribution in [2.24, 2.45) is 0 Å². The van der Waals surface area contributed by atoms with Gasteiger partial charge in [-0.15, -0.1) is 0 Å². The molecule has 1 saturated heterocycles. The summed E-state index contributed by atoms with van der Waals surface area (Å²) in [5.74, 6) is -0.398. The molecule has 0 aliphatic carbocycles. The maximum atomic E-state index is 12.5. The van der Waals surface area contributed by atoms with E-state index in [0.29, 0.717) is 49.0 Å². The van der Waals surface area contributed by atoms with Crippen LogP contribution in [0.4, 0.5) is 11.6 Å². The summed E-state index contributed by atoms with van der Waals surface area (Å²) >= 11 is 0. The zero-order valence-corrected chi connectivity index (χ0v) is 16.9. The number of hydrogen-bond donors (Lipinski definition) is 1. The van der Waals surface area contributed by atoms with E-state index in [1.807, 2.05) is 4.90 Å². The summed E-state index contributed by atoms with van der Waals surface area (Å²) in [6.07, 6.45) is 4.72. The minimum atomic E-state index is -0.450. The van der Waals surface area contributed by atoms with E-state index in [4.69, 9.17) is 0 Å². The standard InChI is InChI=1S/C21H23N5O4/c1-15(19(28)24-17-6-4-16(5-7-17)20(29)30-2)14-18(27)25-10-12-26(13-11-25)21-22-8-3-9-23-21/h3-9,14H,10-13H2,1-2H3,(H,24,28)/b15-14+. The third-order valence-corrected chi connectivity index (χ3v) is 4.69. The highest BCUT2D eigenvalue weighted by molar-refractivity contribution is 6.07. The highest BCUT2D eigenvalue weighted by Gasteiger charge is 2.22. The lowest BCUT2D eigenvalue weighted by Gasteiger charge is -2.34. The van der Waals surface area contributed by atoms with Gasteiger partial charge in [-0.2, -0.15) is 0 Å². The number of nitrogens with zero attached hydrogens (tertiary/aromatic N) is 4. The van der Waals surface area contributed by atoms with Gasteiger partial charge in [0.1, 0.15) is 0 Å². The molecule has 1 aliphatic heterocycles. The first-order valence-electron chi connectivity index (χ1n) is 9.47. The van der Waals surface area contributed by atoms with Gasteiger partial charge in [-0.1, -0.05) is 0 Å². The molecule has 0 unspecified atom stereocenters. The second kappa shape index (κ2) is 9.64. The Morgan fingerprint density at radius 2 is 1.67 bits per heavy atom. The molecule has 1 fully saturated rings. The van der Waals surface area contributed by atoms with Gasteiger partial charge >= 0.3 is 5.97 Å². The largest absolute Gasteiger partial charge is 0.465 e. The van der Waals surface area contributed by atoms with Crippen LogP contribution in [0.25, 0.3) is 0 Å². The summed E-state index contributed by atoms with van der Waals surface area (Å²) in [5.41, 5.74) is 1.20. The fourth-order valence-corrected chi connectivity index (χ4v) is 2.96. The Labute approximate surface area is 174 Å². The van der Waals surface area contributed by atoms with E-state index in [9.17, 15) is 14.4 Å². The number of carbonyl (C=O) groups is 3. The lowest BCUT2D eigenvalue weighted by atomic mass is 10.2. The lowest BCUT2D eigenvalue weighted by molar-refractivity contribution is -0.126. The second-order valence-corrected chi connectivity index (χ2v) is 6.71. The summed E-state index contributed by atoms with van der Waals surface area (Å²) in [7, 11) is 1.30. The number of nitrogens with one attached hydrogen (secondary N) is 1. The smallest absolute Gasteiger partial charge is 0.337 e. The summed E-state index contributed by atoms with van der Waals surface area (Å²) in [4.78, 5) is 48.5. The Kier molecular flexibility index (Phi) is 6.74. The summed E-state index contributed by atoms with van der Waals surface area (Å²) in [5, 5.41) is 2.71. The molecule has 0 spiro atoms. The lowest BCUT2D eigenvalue weighted by Crippen LogP contribution is -2.49. The van der Waals surface area contributed by atoms with Gasteiger partial charge in [0.15, 0.2) is 0 Å². The number of carbonyl (C=O) groups excluding carboxylic acids is 3. The van der Waals surface area contributed by atoms with Crippen LogP contribution in [0.2, 0.25) is 0 Å². The van der Waals surface area contributed by atoms with Crippen LogP contribution >= 0.6 is 0 Å². The zero-order chi connectivity index (χ0) is 21.5. The molecule has 2 aromatic rings. The highest BCUT2D eigenvalue weighted by atomic mass is 16.5. The Hall–Kier alpha value is -3.75. The summed E-state index contributed by atoms with van der Waals surface area (Å²) < 4.78 is 4.64. The van der Waals surface area contributed by atoms with Crippen molar-refractivity contribution in [3.8, 4) is 0 Å². The molecule has 9 nitrogen and oxygen atoms in total. The minimum absolute atomic E-state index is 0.211. The Morgan fingerprint density at radius 1 is 1.03 bits per heavy atom. The monoisotopic (exact) mass is 409 g/mol. The topological polar surface area (TPSA) is 105 Å². The van der Waals surface area contributed by atoms with Gasteiger partial charge in [-0.3, -0.25) is 9.59 Å². The molecule has 1 aromatic heterocycles. The second-order valence-electron chi connectivity index (χ2n) is 6.71. The van der Waals surface area contributed by atoms with E-state index in [-0.39, 0.29) is 11.8 Å². The van der Waals surface area contributed by atoms with E-state index in [1.165, 1.54) is 13.2 Å². The number of esters is 1. The zero-order valence-electron chi connectivity index (χ0n) is 16.9. The Morgan fingerprint density at radius 3 is 2.27 bits per heavy atom. The van der Waals surface area contributed by atoms with Gasteiger partial charge < -0.3 is 19.9 Å². The number of benzene rings is 1. The molecular formula is C21H23N5O4. The van der Waals surface area contributed by atoms with Crippen molar-refractivity contribution in [3.05, 3.63) is 59.9 Å². The van der Waals surface area contributed by atoms with Crippen molar-refractivity contribution >= 4 is 29.4 Å². The molecule has 0 bridgehead atoms.